The molecule has 0 heterocycles. The molecule has 0 radical (unpaired) electrons. The quantitative estimate of drug-likeness (QED) is 0.648. The summed E-state index contributed by atoms with van der Waals surface area (Å²) in [5.74, 6) is 0. The van der Waals surface area contributed by atoms with E-state index in [1.165, 1.54) is 0 Å². The molecule has 0 bridgehead atoms. The Balaban J connectivity index is 1.61. The molecule has 0 saturated carbocycles. The van der Waals surface area contributed by atoms with Crippen molar-refractivity contribution in [3.63, 3.8) is 0 Å². The van der Waals surface area contributed by atoms with Gasteiger partial charge in [0.1, 0.15) is 0 Å². The SMILES string of the molecule is OC(C=Cc1ccc(C=CC(O)c2ccccc2)cc1)c1ccccc1. The molecule has 0 spiro atoms. The first kappa shape index (κ1) is 17.9. The van der Waals surface area contributed by atoms with Gasteiger partial charge in [-0.15, -0.1) is 0 Å². The van der Waals surface area contributed by atoms with E-state index in [0.717, 1.165) is 22.3 Å². The molecule has 0 fully saturated rings. The highest BCUT2D eigenvalue weighted by molar-refractivity contribution is 5.56. The predicted octanol–water partition coefficient (Wildman–Crippen LogP) is 5.18. The molecule has 3 aromatic rings. The Morgan fingerprint density at radius 1 is 0.500 bits per heavy atom. The molecule has 0 aliphatic rings. The van der Waals surface area contributed by atoms with Gasteiger partial charge < -0.3 is 10.2 Å². The fraction of sp³-hybridized carbons (Fsp3) is 0.0833. The molecule has 130 valence electrons. The highest BCUT2D eigenvalue weighted by Gasteiger charge is 2.02. The number of hydrogen-bond donors (Lipinski definition) is 2. The lowest BCUT2D eigenvalue weighted by molar-refractivity contribution is 0.229. The first-order valence-corrected chi connectivity index (χ1v) is 8.65. The van der Waals surface area contributed by atoms with Crippen LogP contribution in [0.15, 0.2) is 97.1 Å². The number of rotatable bonds is 6. The first-order valence-electron chi connectivity index (χ1n) is 8.65. The molecule has 26 heavy (non-hydrogen) atoms. The van der Waals surface area contributed by atoms with Gasteiger partial charge in [0.05, 0.1) is 12.2 Å². The van der Waals surface area contributed by atoms with Gasteiger partial charge in [0.25, 0.3) is 0 Å². The maximum Gasteiger partial charge on any atom is 0.0975 e. The highest BCUT2D eigenvalue weighted by atomic mass is 16.3. The monoisotopic (exact) mass is 342 g/mol. The molecule has 0 aliphatic carbocycles. The molecular formula is C24H22O2. The molecular weight excluding hydrogens is 320 g/mol. The fourth-order valence-electron chi connectivity index (χ4n) is 2.65. The lowest BCUT2D eigenvalue weighted by Crippen LogP contribution is -1.92. The van der Waals surface area contributed by atoms with E-state index in [1.807, 2.05) is 97.1 Å². The van der Waals surface area contributed by atoms with E-state index >= 15 is 0 Å². The lowest BCUT2D eigenvalue weighted by atomic mass is 10.1. The minimum absolute atomic E-state index is 0.614. The van der Waals surface area contributed by atoms with Crippen molar-refractivity contribution in [2.24, 2.45) is 0 Å². The van der Waals surface area contributed by atoms with Crippen molar-refractivity contribution in [2.75, 3.05) is 0 Å². The Bertz CT molecular complexity index is 775. The zero-order valence-corrected chi connectivity index (χ0v) is 14.4. The molecule has 2 unspecified atom stereocenters. The highest BCUT2D eigenvalue weighted by Crippen LogP contribution is 2.17. The average molecular weight is 342 g/mol. The van der Waals surface area contributed by atoms with Crippen molar-refractivity contribution in [3.8, 4) is 0 Å². The van der Waals surface area contributed by atoms with Crippen LogP contribution in [0.5, 0.6) is 0 Å². The van der Waals surface area contributed by atoms with Crippen LogP contribution in [0.2, 0.25) is 0 Å². The van der Waals surface area contributed by atoms with Gasteiger partial charge in [-0.2, -0.15) is 0 Å². The number of benzene rings is 3. The summed E-state index contributed by atoms with van der Waals surface area (Å²) in [4.78, 5) is 0. The molecule has 2 heteroatoms. The summed E-state index contributed by atoms with van der Waals surface area (Å²) >= 11 is 0. The Hall–Kier alpha value is -2.94. The van der Waals surface area contributed by atoms with E-state index in [2.05, 4.69) is 0 Å². The van der Waals surface area contributed by atoms with Crippen LogP contribution in [-0.4, -0.2) is 10.2 Å². The van der Waals surface area contributed by atoms with Crippen LogP contribution in [0.3, 0.4) is 0 Å². The van der Waals surface area contributed by atoms with Crippen LogP contribution in [0.25, 0.3) is 12.2 Å². The van der Waals surface area contributed by atoms with Gasteiger partial charge >= 0.3 is 0 Å². The summed E-state index contributed by atoms with van der Waals surface area (Å²) in [7, 11) is 0. The van der Waals surface area contributed by atoms with Gasteiger partial charge in [0.15, 0.2) is 0 Å². The van der Waals surface area contributed by atoms with Crippen LogP contribution >= 0.6 is 0 Å². The third kappa shape index (κ3) is 5.03. The van der Waals surface area contributed by atoms with E-state index in [9.17, 15) is 10.2 Å². The second kappa shape index (κ2) is 8.95. The molecule has 0 aromatic heterocycles. The zero-order valence-electron chi connectivity index (χ0n) is 14.4. The topological polar surface area (TPSA) is 40.5 Å². The molecule has 0 aliphatic heterocycles. The zero-order chi connectivity index (χ0) is 18.2. The molecule has 0 amide bonds. The van der Waals surface area contributed by atoms with Crippen molar-refractivity contribution in [1.29, 1.82) is 0 Å². The van der Waals surface area contributed by atoms with E-state index in [0.29, 0.717) is 0 Å². The van der Waals surface area contributed by atoms with E-state index in [1.54, 1.807) is 12.2 Å². The number of hydrogen-bond acceptors (Lipinski definition) is 2. The van der Waals surface area contributed by atoms with Crippen molar-refractivity contribution in [2.45, 2.75) is 12.2 Å². The summed E-state index contributed by atoms with van der Waals surface area (Å²) in [6.07, 6.45) is 6.14. The van der Waals surface area contributed by atoms with Crippen LogP contribution in [-0.2, 0) is 0 Å². The third-order valence-corrected chi connectivity index (χ3v) is 4.16. The predicted molar refractivity (Wildman–Crippen MR) is 107 cm³/mol. The Morgan fingerprint density at radius 2 is 0.846 bits per heavy atom. The molecule has 2 N–H and O–H groups in total. The van der Waals surface area contributed by atoms with Gasteiger partial charge in [-0.25, -0.2) is 0 Å². The number of aliphatic hydroxyl groups is 2. The van der Waals surface area contributed by atoms with Gasteiger partial charge in [0, 0.05) is 0 Å². The Morgan fingerprint density at radius 3 is 1.19 bits per heavy atom. The van der Waals surface area contributed by atoms with Crippen LogP contribution in [0.4, 0.5) is 0 Å². The normalized spacial score (nSPS) is 13.9. The summed E-state index contributed by atoms with van der Waals surface area (Å²) in [6.45, 7) is 0. The molecule has 3 rings (SSSR count). The van der Waals surface area contributed by atoms with E-state index in [4.69, 9.17) is 0 Å². The second-order valence-electron chi connectivity index (χ2n) is 6.10. The van der Waals surface area contributed by atoms with Crippen LogP contribution < -0.4 is 0 Å². The van der Waals surface area contributed by atoms with Crippen molar-refractivity contribution < 1.29 is 10.2 Å². The second-order valence-corrected chi connectivity index (χ2v) is 6.10. The molecule has 2 atom stereocenters. The largest absolute Gasteiger partial charge is 0.384 e. The molecule has 0 saturated heterocycles. The van der Waals surface area contributed by atoms with Gasteiger partial charge in [-0.3, -0.25) is 0 Å². The van der Waals surface area contributed by atoms with Gasteiger partial charge in [-0.05, 0) is 22.3 Å². The van der Waals surface area contributed by atoms with Crippen molar-refractivity contribution >= 4 is 12.2 Å². The van der Waals surface area contributed by atoms with E-state index in [-0.39, 0.29) is 0 Å². The van der Waals surface area contributed by atoms with E-state index < -0.39 is 12.2 Å². The van der Waals surface area contributed by atoms with Gasteiger partial charge in [0.2, 0.25) is 0 Å². The maximum absolute atomic E-state index is 10.2. The lowest BCUT2D eigenvalue weighted by Gasteiger charge is -2.06. The number of aliphatic hydroxyl groups excluding tert-OH is 2. The van der Waals surface area contributed by atoms with Crippen LogP contribution in [0.1, 0.15) is 34.5 Å². The molecule has 2 nitrogen and oxygen atoms in total. The third-order valence-electron chi connectivity index (χ3n) is 4.16. The Kier molecular flexibility index (Phi) is 6.15. The first-order chi connectivity index (χ1) is 12.7. The fourth-order valence-corrected chi connectivity index (χ4v) is 2.65. The van der Waals surface area contributed by atoms with Crippen molar-refractivity contribution in [3.05, 3.63) is 119 Å². The standard InChI is InChI=1S/C24H22O2/c25-23(21-7-3-1-4-8-21)17-15-19-11-13-20(14-12-19)16-18-24(26)22-9-5-2-6-10-22/h1-18,23-26H. The van der Waals surface area contributed by atoms with Crippen LogP contribution in [0, 0.1) is 0 Å². The summed E-state index contributed by atoms with van der Waals surface area (Å²) in [5.41, 5.74) is 3.78. The Labute approximate surface area is 154 Å². The summed E-state index contributed by atoms with van der Waals surface area (Å²) < 4.78 is 0. The average Bonchev–Trinajstić information content (AvgIpc) is 2.72. The maximum atomic E-state index is 10.2. The minimum Gasteiger partial charge on any atom is -0.384 e. The van der Waals surface area contributed by atoms with Gasteiger partial charge in [-0.1, -0.05) is 109 Å². The minimum atomic E-state index is -0.614. The summed E-state index contributed by atoms with van der Waals surface area (Å²) in [5, 5.41) is 20.3. The summed E-state index contributed by atoms with van der Waals surface area (Å²) in [6, 6.07) is 27.1. The molecule has 3 aromatic carbocycles. The van der Waals surface area contributed by atoms with Crippen molar-refractivity contribution in [1.82, 2.24) is 0 Å². The smallest absolute Gasteiger partial charge is 0.0975 e.